The zero-order valence-electron chi connectivity index (χ0n) is 14.8. The molecule has 0 atom stereocenters. The highest BCUT2D eigenvalue weighted by Crippen LogP contribution is 2.38. The maximum absolute atomic E-state index is 12.2. The Bertz CT molecular complexity index is 810. The molecule has 1 heterocycles. The van der Waals surface area contributed by atoms with E-state index in [-0.39, 0.29) is 11.3 Å². The molecular formula is C16H20N4O4S. The Morgan fingerprint density at radius 1 is 1.24 bits per heavy atom. The van der Waals surface area contributed by atoms with Crippen molar-refractivity contribution in [1.82, 2.24) is 14.9 Å². The van der Waals surface area contributed by atoms with Crippen molar-refractivity contribution in [3.63, 3.8) is 0 Å². The van der Waals surface area contributed by atoms with E-state index < -0.39 is 0 Å². The molecule has 0 aliphatic heterocycles. The molecule has 1 aromatic carbocycles. The summed E-state index contributed by atoms with van der Waals surface area (Å²) >= 11 is 1.28. The quantitative estimate of drug-likeness (QED) is 0.548. The summed E-state index contributed by atoms with van der Waals surface area (Å²) in [4.78, 5) is 12.2. The summed E-state index contributed by atoms with van der Waals surface area (Å²) in [6.45, 7) is 3.95. The minimum absolute atomic E-state index is 0.275. The molecule has 0 unspecified atom stereocenters. The van der Waals surface area contributed by atoms with Gasteiger partial charge in [-0.15, -0.1) is 10.2 Å². The summed E-state index contributed by atoms with van der Waals surface area (Å²) < 4.78 is 17.5. The summed E-state index contributed by atoms with van der Waals surface area (Å²) in [6.07, 6.45) is 3.33. The molecule has 0 aliphatic rings. The second kappa shape index (κ2) is 8.52. The molecule has 0 bridgehead atoms. The standard InChI is InChI=1S/C16H20N4O4S/c1-6-24-14-12(22-3)7-11(8-13(14)23-4)9-17-20-15(21)10(2)18-19-16(20)25-5/h7-9H,6H2,1-5H3/b17-9-. The number of ether oxygens (including phenoxy) is 3. The predicted octanol–water partition coefficient (Wildman–Crippen LogP) is 1.97. The lowest BCUT2D eigenvalue weighted by molar-refractivity contribution is 0.288. The van der Waals surface area contributed by atoms with E-state index in [1.54, 1.807) is 39.5 Å². The van der Waals surface area contributed by atoms with Crippen LogP contribution >= 0.6 is 11.8 Å². The van der Waals surface area contributed by atoms with Crippen LogP contribution in [-0.2, 0) is 0 Å². The zero-order chi connectivity index (χ0) is 18.4. The zero-order valence-corrected chi connectivity index (χ0v) is 15.6. The minimum Gasteiger partial charge on any atom is -0.493 e. The van der Waals surface area contributed by atoms with Crippen molar-refractivity contribution in [3.05, 3.63) is 33.7 Å². The number of methoxy groups -OCH3 is 2. The fourth-order valence-electron chi connectivity index (χ4n) is 2.06. The Labute approximate surface area is 149 Å². The van der Waals surface area contributed by atoms with Crippen molar-refractivity contribution in [2.45, 2.75) is 19.0 Å². The number of aryl methyl sites for hydroxylation is 1. The summed E-state index contributed by atoms with van der Waals surface area (Å²) in [5.41, 5.74) is 0.642. The smallest absolute Gasteiger partial charge is 0.296 e. The number of thioether (sulfide) groups is 1. The molecule has 134 valence electrons. The summed E-state index contributed by atoms with van der Waals surface area (Å²) in [7, 11) is 3.09. The van der Waals surface area contributed by atoms with Crippen molar-refractivity contribution in [3.8, 4) is 17.2 Å². The molecule has 9 heteroatoms. The van der Waals surface area contributed by atoms with Gasteiger partial charge in [0, 0.05) is 5.56 Å². The van der Waals surface area contributed by atoms with E-state index in [0.29, 0.717) is 34.6 Å². The first kappa shape index (κ1) is 18.8. The number of hydrogen-bond donors (Lipinski definition) is 0. The van der Waals surface area contributed by atoms with Gasteiger partial charge in [-0.05, 0) is 32.2 Å². The monoisotopic (exact) mass is 364 g/mol. The Hall–Kier alpha value is -2.55. The van der Waals surface area contributed by atoms with E-state index >= 15 is 0 Å². The average molecular weight is 364 g/mol. The molecule has 2 rings (SSSR count). The summed E-state index contributed by atoms with van der Waals surface area (Å²) in [5, 5.41) is 12.4. The Morgan fingerprint density at radius 2 is 1.88 bits per heavy atom. The first-order valence-corrected chi connectivity index (χ1v) is 8.71. The molecule has 0 N–H and O–H groups in total. The van der Waals surface area contributed by atoms with Crippen LogP contribution in [0.4, 0.5) is 0 Å². The van der Waals surface area contributed by atoms with E-state index in [4.69, 9.17) is 14.2 Å². The van der Waals surface area contributed by atoms with Gasteiger partial charge in [-0.25, -0.2) is 0 Å². The van der Waals surface area contributed by atoms with Crippen molar-refractivity contribution >= 4 is 18.0 Å². The molecule has 0 amide bonds. The normalized spacial score (nSPS) is 10.9. The Morgan fingerprint density at radius 3 is 2.40 bits per heavy atom. The first-order valence-electron chi connectivity index (χ1n) is 7.49. The highest BCUT2D eigenvalue weighted by Gasteiger charge is 2.13. The van der Waals surface area contributed by atoms with E-state index in [0.717, 1.165) is 0 Å². The largest absolute Gasteiger partial charge is 0.493 e. The van der Waals surface area contributed by atoms with Gasteiger partial charge in [0.2, 0.25) is 10.9 Å². The lowest BCUT2D eigenvalue weighted by Crippen LogP contribution is -2.23. The first-order chi connectivity index (χ1) is 12.0. The van der Waals surface area contributed by atoms with Crippen LogP contribution in [0.3, 0.4) is 0 Å². The van der Waals surface area contributed by atoms with Crippen LogP contribution in [-0.4, -0.2) is 48.2 Å². The average Bonchev–Trinajstić information content (AvgIpc) is 2.63. The van der Waals surface area contributed by atoms with Crippen LogP contribution < -0.4 is 19.8 Å². The topological polar surface area (TPSA) is 87.8 Å². The highest BCUT2D eigenvalue weighted by atomic mass is 32.2. The van der Waals surface area contributed by atoms with Crippen LogP contribution in [0.5, 0.6) is 17.2 Å². The maximum atomic E-state index is 12.2. The third-order valence-corrected chi connectivity index (χ3v) is 3.86. The van der Waals surface area contributed by atoms with E-state index in [9.17, 15) is 4.79 Å². The summed E-state index contributed by atoms with van der Waals surface area (Å²) in [5.74, 6) is 1.56. The van der Waals surface area contributed by atoms with Gasteiger partial charge in [-0.1, -0.05) is 11.8 Å². The minimum atomic E-state index is -0.319. The maximum Gasteiger partial charge on any atom is 0.296 e. The van der Waals surface area contributed by atoms with Gasteiger partial charge < -0.3 is 14.2 Å². The van der Waals surface area contributed by atoms with Gasteiger partial charge in [0.05, 0.1) is 27.0 Å². The fourth-order valence-corrected chi connectivity index (χ4v) is 2.48. The van der Waals surface area contributed by atoms with Crippen LogP contribution in [0.15, 0.2) is 27.2 Å². The molecule has 8 nitrogen and oxygen atoms in total. The molecule has 0 saturated heterocycles. The molecule has 1 aromatic heterocycles. The van der Waals surface area contributed by atoms with Crippen LogP contribution in [0.1, 0.15) is 18.2 Å². The molecule has 2 aromatic rings. The molecule has 0 fully saturated rings. The summed E-state index contributed by atoms with van der Waals surface area (Å²) in [6, 6.07) is 3.50. The van der Waals surface area contributed by atoms with Crippen molar-refractivity contribution < 1.29 is 14.2 Å². The molecule has 0 spiro atoms. The fraction of sp³-hybridized carbons (Fsp3) is 0.375. The second-order valence-electron chi connectivity index (χ2n) is 4.82. The van der Waals surface area contributed by atoms with Crippen LogP contribution in [0.2, 0.25) is 0 Å². The number of rotatable bonds is 7. The number of hydrogen-bond acceptors (Lipinski definition) is 8. The number of benzene rings is 1. The van der Waals surface area contributed by atoms with Gasteiger partial charge >= 0.3 is 0 Å². The second-order valence-corrected chi connectivity index (χ2v) is 5.59. The van der Waals surface area contributed by atoms with Gasteiger partial charge in [0.15, 0.2) is 11.5 Å². The number of nitrogens with zero attached hydrogens (tertiary/aromatic N) is 4. The van der Waals surface area contributed by atoms with Crippen LogP contribution in [0, 0.1) is 6.92 Å². The molecular weight excluding hydrogens is 344 g/mol. The Kier molecular flexibility index (Phi) is 6.40. The predicted molar refractivity (Wildman–Crippen MR) is 96.5 cm³/mol. The molecule has 0 saturated carbocycles. The molecule has 0 radical (unpaired) electrons. The van der Waals surface area contributed by atoms with E-state index in [1.165, 1.54) is 22.7 Å². The third kappa shape index (κ3) is 4.11. The van der Waals surface area contributed by atoms with Crippen LogP contribution in [0.25, 0.3) is 0 Å². The van der Waals surface area contributed by atoms with Crippen molar-refractivity contribution in [2.75, 3.05) is 27.1 Å². The highest BCUT2D eigenvalue weighted by molar-refractivity contribution is 7.98. The third-order valence-electron chi connectivity index (χ3n) is 3.25. The lowest BCUT2D eigenvalue weighted by atomic mass is 10.2. The molecule has 0 aliphatic carbocycles. The van der Waals surface area contributed by atoms with Gasteiger partial charge in [0.25, 0.3) is 5.56 Å². The van der Waals surface area contributed by atoms with Gasteiger partial charge in [-0.2, -0.15) is 9.78 Å². The molecule has 25 heavy (non-hydrogen) atoms. The van der Waals surface area contributed by atoms with E-state index in [1.807, 2.05) is 6.92 Å². The lowest BCUT2D eigenvalue weighted by Gasteiger charge is -2.14. The van der Waals surface area contributed by atoms with Crippen molar-refractivity contribution in [2.24, 2.45) is 5.10 Å². The SMILES string of the molecule is CCOc1c(OC)cc(/C=N\n2c(SC)nnc(C)c2=O)cc1OC. The van der Waals surface area contributed by atoms with E-state index in [2.05, 4.69) is 15.3 Å². The van der Waals surface area contributed by atoms with Gasteiger partial charge in [-0.3, -0.25) is 4.79 Å². The van der Waals surface area contributed by atoms with Crippen molar-refractivity contribution in [1.29, 1.82) is 0 Å². The number of aromatic nitrogens is 3. The Balaban J connectivity index is 2.49. The van der Waals surface area contributed by atoms with Gasteiger partial charge in [0.1, 0.15) is 5.69 Å².